The average Bonchev–Trinajstić information content (AvgIpc) is 2.74. The third-order valence-corrected chi connectivity index (χ3v) is 6.07. The molecule has 1 amide bonds. The lowest BCUT2D eigenvalue weighted by molar-refractivity contribution is -0.140. The summed E-state index contributed by atoms with van der Waals surface area (Å²) < 4.78 is 1.65. The van der Waals surface area contributed by atoms with E-state index in [0.717, 1.165) is 42.9 Å². The van der Waals surface area contributed by atoms with Gasteiger partial charge in [-0.1, -0.05) is 44.4 Å². The molecule has 28 heavy (non-hydrogen) atoms. The molecule has 5 heteroatoms. The molecule has 1 heterocycles. The van der Waals surface area contributed by atoms with Crippen molar-refractivity contribution in [2.24, 2.45) is 13.0 Å². The van der Waals surface area contributed by atoms with Crippen LogP contribution < -0.4 is 5.56 Å². The minimum Gasteiger partial charge on any atom is -0.335 e. The molecule has 1 aromatic carbocycles. The second-order valence-electron chi connectivity index (χ2n) is 7.86. The van der Waals surface area contributed by atoms with E-state index < -0.39 is 0 Å². The Labute approximate surface area is 166 Å². The van der Waals surface area contributed by atoms with Crippen LogP contribution in [0.15, 0.2) is 35.1 Å². The van der Waals surface area contributed by atoms with Gasteiger partial charge in [-0.15, -0.1) is 0 Å². The fourth-order valence-corrected chi connectivity index (χ4v) is 4.38. The fraction of sp³-hybridized carbons (Fsp3) is 0.522. The zero-order valence-electron chi connectivity index (χ0n) is 16.9. The smallest absolute Gasteiger partial charge is 0.255 e. The van der Waals surface area contributed by atoms with E-state index in [2.05, 4.69) is 0 Å². The number of aromatic nitrogens is 1. The number of aryl methyl sites for hydroxylation is 1. The molecule has 0 spiro atoms. The number of pyridine rings is 1. The molecule has 1 fully saturated rings. The molecule has 1 unspecified atom stereocenters. The Balaban J connectivity index is 1.97. The summed E-state index contributed by atoms with van der Waals surface area (Å²) in [4.78, 5) is 39.3. The van der Waals surface area contributed by atoms with Gasteiger partial charge in [-0.05, 0) is 36.8 Å². The molecule has 3 rings (SSSR count). The largest absolute Gasteiger partial charge is 0.335 e. The summed E-state index contributed by atoms with van der Waals surface area (Å²) in [5.41, 5.74) is 1.40. The lowest BCUT2D eigenvalue weighted by Gasteiger charge is -2.34. The van der Waals surface area contributed by atoms with Crippen LogP contribution in [-0.4, -0.2) is 27.7 Å². The van der Waals surface area contributed by atoms with Crippen LogP contribution >= 0.6 is 0 Å². The van der Waals surface area contributed by atoms with E-state index >= 15 is 0 Å². The number of nitrogens with zero attached hydrogens (tertiary/aromatic N) is 2. The standard InChI is InChI=1S/C23H30N2O3/c1-3-20(13-14-26)25(23(28)17-9-5-4-6-10-17)16-19-15-18-11-7-8-12-21(18)24(2)22(19)27/h7-8,11-12,14-15,17,20H,3-6,9-10,13,16H2,1-2H3. The maximum absolute atomic E-state index is 13.3. The van der Waals surface area contributed by atoms with Crippen molar-refractivity contribution in [1.82, 2.24) is 9.47 Å². The van der Waals surface area contributed by atoms with Crippen molar-refractivity contribution in [1.29, 1.82) is 0 Å². The van der Waals surface area contributed by atoms with Crippen LogP contribution in [0.4, 0.5) is 0 Å². The highest BCUT2D eigenvalue weighted by molar-refractivity contribution is 5.81. The molecular formula is C23H30N2O3. The molecule has 1 aliphatic rings. The molecule has 1 aromatic heterocycles. The first kappa shape index (κ1) is 20.3. The molecule has 0 N–H and O–H groups in total. The molecule has 0 radical (unpaired) electrons. The van der Waals surface area contributed by atoms with Crippen LogP contribution in [0.3, 0.4) is 0 Å². The molecule has 1 saturated carbocycles. The van der Waals surface area contributed by atoms with Crippen molar-refractivity contribution in [3.8, 4) is 0 Å². The van der Waals surface area contributed by atoms with Crippen LogP contribution in [-0.2, 0) is 23.2 Å². The molecule has 0 aliphatic heterocycles. The van der Waals surface area contributed by atoms with Crippen molar-refractivity contribution in [2.75, 3.05) is 0 Å². The summed E-state index contributed by atoms with van der Waals surface area (Å²) in [6.07, 6.45) is 7.03. The zero-order chi connectivity index (χ0) is 20.1. The lowest BCUT2D eigenvalue weighted by atomic mass is 9.87. The first-order chi connectivity index (χ1) is 13.6. The van der Waals surface area contributed by atoms with E-state index in [4.69, 9.17) is 0 Å². The Morgan fingerprint density at radius 3 is 2.64 bits per heavy atom. The van der Waals surface area contributed by atoms with E-state index in [1.54, 1.807) is 16.5 Å². The van der Waals surface area contributed by atoms with Crippen molar-refractivity contribution >= 4 is 23.1 Å². The van der Waals surface area contributed by atoms with Crippen LogP contribution in [0.1, 0.15) is 57.4 Å². The van der Waals surface area contributed by atoms with Crippen LogP contribution in [0.2, 0.25) is 0 Å². The molecule has 0 saturated heterocycles. The molecule has 0 bridgehead atoms. The number of carbonyl (C=O) groups is 2. The summed E-state index contributed by atoms with van der Waals surface area (Å²) in [6, 6.07) is 9.50. The molecule has 1 aliphatic carbocycles. The number of benzene rings is 1. The maximum atomic E-state index is 13.3. The number of hydrogen-bond acceptors (Lipinski definition) is 3. The Hall–Kier alpha value is -2.43. The SMILES string of the molecule is CCC(CC=O)N(Cc1cc2ccccc2n(C)c1=O)C(=O)C1CCCCC1. The second kappa shape index (κ2) is 9.18. The molecule has 1 atom stereocenters. The summed E-state index contributed by atoms with van der Waals surface area (Å²) in [5.74, 6) is 0.113. The minimum atomic E-state index is -0.164. The first-order valence-corrected chi connectivity index (χ1v) is 10.4. The predicted octanol–water partition coefficient (Wildman–Crippen LogP) is 3.82. The summed E-state index contributed by atoms with van der Waals surface area (Å²) >= 11 is 0. The van der Waals surface area contributed by atoms with Gasteiger partial charge < -0.3 is 14.3 Å². The van der Waals surface area contributed by atoms with E-state index in [1.807, 2.05) is 37.3 Å². The van der Waals surface area contributed by atoms with Crippen molar-refractivity contribution in [3.63, 3.8) is 0 Å². The van der Waals surface area contributed by atoms with Crippen molar-refractivity contribution in [2.45, 2.75) is 64.5 Å². The van der Waals surface area contributed by atoms with Gasteiger partial charge in [0, 0.05) is 31.0 Å². The summed E-state index contributed by atoms with van der Waals surface area (Å²) in [5, 5.41) is 0.980. The number of amides is 1. The highest BCUT2D eigenvalue weighted by atomic mass is 16.2. The number of carbonyl (C=O) groups excluding carboxylic acids is 2. The van der Waals surface area contributed by atoms with Gasteiger partial charge in [0.1, 0.15) is 6.29 Å². The first-order valence-electron chi connectivity index (χ1n) is 10.4. The molecule has 5 nitrogen and oxygen atoms in total. The van der Waals surface area contributed by atoms with E-state index in [1.165, 1.54) is 6.42 Å². The van der Waals surface area contributed by atoms with Gasteiger partial charge in [0.05, 0.1) is 12.1 Å². The lowest BCUT2D eigenvalue weighted by Crippen LogP contribution is -2.44. The van der Waals surface area contributed by atoms with Gasteiger partial charge in [0.15, 0.2) is 0 Å². The maximum Gasteiger partial charge on any atom is 0.255 e. The average molecular weight is 383 g/mol. The van der Waals surface area contributed by atoms with E-state index in [0.29, 0.717) is 18.4 Å². The van der Waals surface area contributed by atoms with Gasteiger partial charge in [-0.3, -0.25) is 9.59 Å². The molecule has 150 valence electrons. The van der Waals surface area contributed by atoms with E-state index in [-0.39, 0.29) is 30.0 Å². The van der Waals surface area contributed by atoms with Gasteiger partial charge in [-0.25, -0.2) is 0 Å². The van der Waals surface area contributed by atoms with E-state index in [9.17, 15) is 14.4 Å². The van der Waals surface area contributed by atoms with Gasteiger partial charge >= 0.3 is 0 Å². The highest BCUT2D eigenvalue weighted by Gasteiger charge is 2.30. The van der Waals surface area contributed by atoms with Gasteiger partial charge in [0.2, 0.25) is 5.91 Å². The number of para-hydroxylation sites is 1. The number of hydrogen-bond donors (Lipinski definition) is 0. The number of fused-ring (bicyclic) bond motifs is 1. The normalized spacial score (nSPS) is 16.1. The Bertz CT molecular complexity index is 896. The third kappa shape index (κ3) is 4.18. The summed E-state index contributed by atoms with van der Waals surface area (Å²) in [6.45, 7) is 2.26. The molecule has 2 aromatic rings. The Morgan fingerprint density at radius 2 is 1.96 bits per heavy atom. The topological polar surface area (TPSA) is 59.4 Å². The Morgan fingerprint density at radius 1 is 1.25 bits per heavy atom. The summed E-state index contributed by atoms with van der Waals surface area (Å²) in [7, 11) is 1.77. The van der Waals surface area contributed by atoms with Gasteiger partial charge in [-0.2, -0.15) is 0 Å². The monoisotopic (exact) mass is 382 g/mol. The van der Waals surface area contributed by atoms with Crippen LogP contribution in [0.25, 0.3) is 10.9 Å². The number of rotatable bonds is 7. The minimum absolute atomic E-state index is 0.0127. The molecular weight excluding hydrogens is 352 g/mol. The fourth-order valence-electron chi connectivity index (χ4n) is 4.38. The third-order valence-electron chi connectivity index (χ3n) is 6.07. The predicted molar refractivity (Wildman–Crippen MR) is 111 cm³/mol. The van der Waals surface area contributed by atoms with Gasteiger partial charge in [0.25, 0.3) is 5.56 Å². The zero-order valence-corrected chi connectivity index (χ0v) is 16.9. The highest BCUT2D eigenvalue weighted by Crippen LogP contribution is 2.28. The van der Waals surface area contributed by atoms with Crippen molar-refractivity contribution in [3.05, 3.63) is 46.2 Å². The van der Waals surface area contributed by atoms with Crippen LogP contribution in [0.5, 0.6) is 0 Å². The quantitative estimate of drug-likeness (QED) is 0.684. The Kier molecular flexibility index (Phi) is 6.65. The van der Waals surface area contributed by atoms with Crippen molar-refractivity contribution < 1.29 is 9.59 Å². The number of aldehydes is 1. The van der Waals surface area contributed by atoms with Crippen LogP contribution in [0, 0.1) is 5.92 Å². The second-order valence-corrected chi connectivity index (χ2v) is 7.86.